The molecule has 1 heterocycles. The van der Waals surface area contributed by atoms with E-state index in [1.165, 1.54) is 4.90 Å². The summed E-state index contributed by atoms with van der Waals surface area (Å²) in [5.41, 5.74) is 0. The van der Waals surface area contributed by atoms with Crippen molar-refractivity contribution < 1.29 is 9.59 Å². The summed E-state index contributed by atoms with van der Waals surface area (Å²) in [5.74, 6) is 2.17. The molecule has 0 aromatic carbocycles. The molecule has 0 bridgehead atoms. The number of thiol groups is 1. The summed E-state index contributed by atoms with van der Waals surface area (Å²) >= 11 is 3.85. The van der Waals surface area contributed by atoms with E-state index in [1.54, 1.807) is 0 Å². The first kappa shape index (κ1) is 8.94. The van der Waals surface area contributed by atoms with Crippen LogP contribution in [0.3, 0.4) is 0 Å². The number of terminal acetylenes is 1. The molecule has 12 heavy (non-hydrogen) atoms. The molecule has 3 amide bonds. The average molecular weight is 184 g/mol. The Labute approximate surface area is 75.9 Å². The Morgan fingerprint density at radius 1 is 1.58 bits per heavy atom. The maximum absolute atomic E-state index is 11.2. The first-order valence-corrected chi connectivity index (χ1v) is 3.97. The quantitative estimate of drug-likeness (QED) is 0.366. The second kappa shape index (κ2) is 3.50. The van der Waals surface area contributed by atoms with E-state index in [0.29, 0.717) is 0 Å². The topological polar surface area (TPSA) is 40.6 Å². The summed E-state index contributed by atoms with van der Waals surface area (Å²) in [6.07, 6.45) is 5.01. The minimum atomic E-state index is -0.354. The summed E-state index contributed by atoms with van der Waals surface area (Å²) in [6, 6.07) is -0.354. The zero-order valence-corrected chi connectivity index (χ0v) is 7.25. The number of hydrogen-bond acceptors (Lipinski definition) is 3. The molecule has 0 spiro atoms. The summed E-state index contributed by atoms with van der Waals surface area (Å²) in [4.78, 5) is 24.6. The molecule has 1 saturated heterocycles. The van der Waals surface area contributed by atoms with Gasteiger partial charge < -0.3 is 4.90 Å². The largest absolute Gasteiger partial charge is 0.328 e. The third-order valence-electron chi connectivity index (χ3n) is 1.55. The van der Waals surface area contributed by atoms with Crippen LogP contribution >= 0.6 is 12.6 Å². The number of carbonyl (C=O) groups excluding carboxylic acids is 2. The van der Waals surface area contributed by atoms with Gasteiger partial charge in [0.15, 0.2) is 0 Å². The lowest BCUT2D eigenvalue weighted by Gasteiger charge is -2.11. The fraction of sp³-hybridized carbons (Fsp3) is 0.429. The summed E-state index contributed by atoms with van der Waals surface area (Å²) in [7, 11) is 0. The second-order valence-electron chi connectivity index (χ2n) is 2.31. The molecule has 0 atom stereocenters. The van der Waals surface area contributed by atoms with E-state index < -0.39 is 0 Å². The molecule has 0 aromatic rings. The lowest BCUT2D eigenvalue weighted by Crippen LogP contribution is -2.32. The van der Waals surface area contributed by atoms with Gasteiger partial charge in [-0.05, 0) is 0 Å². The molecule has 1 aliphatic rings. The van der Waals surface area contributed by atoms with Crippen LogP contribution in [0.1, 0.15) is 0 Å². The average Bonchev–Trinajstić information content (AvgIpc) is 2.29. The van der Waals surface area contributed by atoms with Crippen molar-refractivity contribution in [2.75, 3.05) is 19.0 Å². The van der Waals surface area contributed by atoms with Crippen LogP contribution in [0.4, 0.5) is 4.79 Å². The van der Waals surface area contributed by atoms with E-state index in [4.69, 9.17) is 6.42 Å². The van der Waals surface area contributed by atoms with Gasteiger partial charge in [-0.2, -0.15) is 12.6 Å². The predicted molar refractivity (Wildman–Crippen MR) is 46.5 cm³/mol. The zero-order chi connectivity index (χ0) is 9.14. The lowest BCUT2D eigenvalue weighted by molar-refractivity contribution is -0.124. The lowest BCUT2D eigenvalue weighted by atomic mass is 10.5. The molecule has 0 radical (unpaired) electrons. The first-order chi connectivity index (χ1) is 5.70. The maximum atomic E-state index is 11.2. The minimum absolute atomic E-state index is 0.0730. The van der Waals surface area contributed by atoms with Crippen molar-refractivity contribution in [3.05, 3.63) is 0 Å². The van der Waals surface area contributed by atoms with Crippen molar-refractivity contribution in [1.82, 2.24) is 9.80 Å². The van der Waals surface area contributed by atoms with Crippen molar-refractivity contribution in [3.8, 4) is 12.3 Å². The van der Waals surface area contributed by atoms with Gasteiger partial charge in [0.05, 0.1) is 12.4 Å². The second-order valence-corrected chi connectivity index (χ2v) is 2.59. The van der Waals surface area contributed by atoms with E-state index in [0.717, 1.165) is 4.90 Å². The maximum Gasteiger partial charge on any atom is 0.328 e. The molecule has 0 unspecified atom stereocenters. The molecular weight excluding hydrogens is 176 g/mol. The normalized spacial score (nSPS) is 17.0. The van der Waals surface area contributed by atoms with Crippen LogP contribution in [0.5, 0.6) is 0 Å². The molecule has 0 saturated carbocycles. The number of nitrogens with zero attached hydrogens (tertiary/aromatic N) is 2. The monoisotopic (exact) mass is 184 g/mol. The van der Waals surface area contributed by atoms with Crippen molar-refractivity contribution >= 4 is 24.6 Å². The van der Waals surface area contributed by atoms with Gasteiger partial charge in [0.25, 0.3) is 5.91 Å². The highest BCUT2D eigenvalue weighted by atomic mass is 32.1. The molecule has 64 valence electrons. The van der Waals surface area contributed by atoms with Crippen molar-refractivity contribution in [1.29, 1.82) is 0 Å². The Kier molecular flexibility index (Phi) is 2.61. The molecule has 1 rings (SSSR count). The fourth-order valence-corrected chi connectivity index (χ4v) is 1.25. The van der Waals surface area contributed by atoms with Crippen LogP contribution in [0.2, 0.25) is 0 Å². The summed E-state index contributed by atoms with van der Waals surface area (Å²) in [5, 5.41) is 0. The Morgan fingerprint density at radius 2 is 2.25 bits per heavy atom. The molecule has 1 aliphatic heterocycles. The zero-order valence-electron chi connectivity index (χ0n) is 6.36. The number of imide groups is 1. The summed E-state index contributed by atoms with van der Waals surface area (Å²) in [6.45, 7) is 0.248. The van der Waals surface area contributed by atoms with E-state index in [2.05, 4.69) is 18.5 Å². The van der Waals surface area contributed by atoms with Gasteiger partial charge in [0.1, 0.15) is 6.54 Å². The van der Waals surface area contributed by atoms with Crippen molar-refractivity contribution in [3.63, 3.8) is 0 Å². The highest BCUT2D eigenvalue weighted by Gasteiger charge is 2.34. The molecule has 0 N–H and O–H groups in total. The molecule has 0 aliphatic carbocycles. The number of rotatable bonds is 2. The van der Waals surface area contributed by atoms with Crippen LogP contribution in [-0.2, 0) is 4.79 Å². The number of hydrogen-bond donors (Lipinski definition) is 1. The number of amides is 3. The first-order valence-electron chi connectivity index (χ1n) is 3.34. The number of urea groups is 1. The standard InChI is InChI=1S/C7H8N2O2S/c1-2-3-8-4-6(10)9(5-12)7(8)11/h1,12H,3-5H2. The van der Waals surface area contributed by atoms with Crippen LogP contribution in [0, 0.1) is 12.3 Å². The van der Waals surface area contributed by atoms with Crippen LogP contribution in [0.15, 0.2) is 0 Å². The van der Waals surface area contributed by atoms with Crippen LogP contribution in [-0.4, -0.2) is 40.7 Å². The van der Waals surface area contributed by atoms with Crippen molar-refractivity contribution in [2.45, 2.75) is 0 Å². The van der Waals surface area contributed by atoms with Crippen molar-refractivity contribution in [2.24, 2.45) is 0 Å². The SMILES string of the molecule is C#CCN1CC(=O)N(CS)C1=O. The third-order valence-corrected chi connectivity index (χ3v) is 1.84. The fourth-order valence-electron chi connectivity index (χ4n) is 0.967. The Balaban J connectivity index is 2.70. The van der Waals surface area contributed by atoms with E-state index in [9.17, 15) is 9.59 Å². The number of carbonyl (C=O) groups is 2. The molecule has 0 aromatic heterocycles. The van der Waals surface area contributed by atoms with Gasteiger partial charge in [-0.1, -0.05) is 5.92 Å². The smallest absolute Gasteiger partial charge is 0.304 e. The molecule has 5 heteroatoms. The van der Waals surface area contributed by atoms with Gasteiger partial charge in [-0.15, -0.1) is 6.42 Å². The van der Waals surface area contributed by atoms with Gasteiger partial charge in [0, 0.05) is 0 Å². The van der Waals surface area contributed by atoms with Crippen LogP contribution in [0.25, 0.3) is 0 Å². The predicted octanol–water partition coefficient (Wildman–Crippen LogP) is -0.229. The van der Waals surface area contributed by atoms with Gasteiger partial charge in [0.2, 0.25) is 0 Å². The van der Waals surface area contributed by atoms with E-state index in [1.807, 2.05) is 0 Å². The van der Waals surface area contributed by atoms with Gasteiger partial charge in [-0.3, -0.25) is 9.69 Å². The van der Waals surface area contributed by atoms with Gasteiger partial charge in [-0.25, -0.2) is 4.79 Å². The minimum Gasteiger partial charge on any atom is -0.304 e. The van der Waals surface area contributed by atoms with Crippen LogP contribution < -0.4 is 0 Å². The Hall–Kier alpha value is -1.15. The highest BCUT2D eigenvalue weighted by molar-refractivity contribution is 7.80. The Morgan fingerprint density at radius 3 is 2.67 bits per heavy atom. The third kappa shape index (κ3) is 1.38. The molecular formula is C7H8N2O2S. The van der Waals surface area contributed by atoms with Gasteiger partial charge >= 0.3 is 6.03 Å². The van der Waals surface area contributed by atoms with E-state index in [-0.39, 0.29) is 30.9 Å². The summed E-state index contributed by atoms with van der Waals surface area (Å²) < 4.78 is 0. The van der Waals surface area contributed by atoms with E-state index >= 15 is 0 Å². The molecule has 4 nitrogen and oxygen atoms in total. The highest BCUT2D eigenvalue weighted by Crippen LogP contribution is 2.09. The molecule has 1 fully saturated rings. The Bertz CT molecular complexity index is 259.